The van der Waals surface area contributed by atoms with Crippen LogP contribution in [0.15, 0.2) is 10.6 Å². The molecular formula is C12H20N4O2. The lowest BCUT2D eigenvalue weighted by atomic mass is 10.1. The van der Waals surface area contributed by atoms with Crippen molar-refractivity contribution in [2.75, 3.05) is 25.0 Å². The summed E-state index contributed by atoms with van der Waals surface area (Å²) in [5.74, 6) is 0.348. The molecule has 1 aliphatic rings. The number of carbonyl (C=O) groups excluding carboxylic acids is 1. The summed E-state index contributed by atoms with van der Waals surface area (Å²) in [7, 11) is 0. The molecule has 6 heteroatoms. The number of nitrogens with zero attached hydrogens (tertiary/aromatic N) is 2. The fraction of sp³-hybridized carbons (Fsp3) is 0.667. The van der Waals surface area contributed by atoms with Crippen molar-refractivity contribution in [2.24, 2.45) is 0 Å². The molecule has 2 rings (SSSR count). The Labute approximate surface area is 107 Å². The highest BCUT2D eigenvalue weighted by Crippen LogP contribution is 2.09. The van der Waals surface area contributed by atoms with Crippen molar-refractivity contribution in [1.82, 2.24) is 15.4 Å². The fourth-order valence-corrected chi connectivity index (χ4v) is 2.37. The maximum Gasteiger partial charge on any atom is 0.240 e. The minimum Gasteiger partial charge on any atom is -0.338 e. The van der Waals surface area contributed by atoms with Crippen molar-refractivity contribution in [1.29, 1.82) is 0 Å². The lowest BCUT2D eigenvalue weighted by Gasteiger charge is -2.35. The van der Waals surface area contributed by atoms with E-state index in [2.05, 4.69) is 34.5 Å². The second-order valence-electron chi connectivity index (χ2n) is 5.04. The number of aromatic nitrogens is 1. The van der Waals surface area contributed by atoms with Crippen molar-refractivity contribution in [3.63, 3.8) is 0 Å². The molecule has 18 heavy (non-hydrogen) atoms. The summed E-state index contributed by atoms with van der Waals surface area (Å²) >= 11 is 0. The van der Waals surface area contributed by atoms with Gasteiger partial charge in [0.2, 0.25) is 11.8 Å². The Balaban J connectivity index is 1.83. The molecule has 2 heterocycles. The van der Waals surface area contributed by atoms with Crippen molar-refractivity contribution >= 4 is 11.8 Å². The van der Waals surface area contributed by atoms with Gasteiger partial charge in [0.05, 0.1) is 12.2 Å². The Hall–Kier alpha value is -1.40. The molecule has 1 aliphatic heterocycles. The van der Waals surface area contributed by atoms with E-state index in [1.54, 1.807) is 6.07 Å². The zero-order chi connectivity index (χ0) is 13.1. The van der Waals surface area contributed by atoms with Gasteiger partial charge in [-0.25, -0.2) is 0 Å². The van der Waals surface area contributed by atoms with Crippen molar-refractivity contribution < 1.29 is 9.32 Å². The first-order chi connectivity index (χ1) is 8.52. The normalized spacial score (nSPS) is 25.1. The van der Waals surface area contributed by atoms with E-state index in [0.717, 1.165) is 18.8 Å². The molecule has 2 N–H and O–H groups in total. The van der Waals surface area contributed by atoms with Crippen molar-refractivity contribution in [2.45, 2.75) is 32.9 Å². The molecule has 0 radical (unpaired) electrons. The van der Waals surface area contributed by atoms with Gasteiger partial charge in [-0.2, -0.15) is 0 Å². The Morgan fingerprint density at radius 2 is 2.22 bits per heavy atom. The average molecular weight is 252 g/mol. The molecule has 0 spiro atoms. The van der Waals surface area contributed by atoms with E-state index in [1.165, 1.54) is 0 Å². The first kappa shape index (κ1) is 13.0. The SMILES string of the molecule is Cc1cc(NC(=O)CN2CC(C)NC(C)C2)on1. The Kier molecular flexibility index (Phi) is 3.98. The summed E-state index contributed by atoms with van der Waals surface area (Å²) < 4.78 is 4.95. The predicted molar refractivity (Wildman–Crippen MR) is 68.4 cm³/mol. The molecule has 1 fully saturated rings. The Bertz CT molecular complexity index is 408. The number of anilines is 1. The van der Waals surface area contributed by atoms with Gasteiger partial charge in [-0.3, -0.25) is 15.0 Å². The van der Waals surface area contributed by atoms with Crippen LogP contribution in [0.25, 0.3) is 0 Å². The van der Waals surface area contributed by atoms with Crippen LogP contribution < -0.4 is 10.6 Å². The minimum atomic E-state index is -0.0625. The lowest BCUT2D eigenvalue weighted by molar-refractivity contribution is -0.117. The monoisotopic (exact) mass is 252 g/mol. The first-order valence-electron chi connectivity index (χ1n) is 6.24. The molecule has 100 valence electrons. The zero-order valence-electron chi connectivity index (χ0n) is 11.1. The van der Waals surface area contributed by atoms with Gasteiger partial charge in [0.25, 0.3) is 0 Å². The number of aryl methyl sites for hydroxylation is 1. The van der Waals surface area contributed by atoms with Crippen LogP contribution in [0.1, 0.15) is 19.5 Å². The third-order valence-electron chi connectivity index (χ3n) is 2.89. The lowest BCUT2D eigenvalue weighted by Crippen LogP contribution is -2.55. The maximum absolute atomic E-state index is 11.8. The molecule has 6 nitrogen and oxygen atoms in total. The molecule has 0 bridgehead atoms. The van der Waals surface area contributed by atoms with Crippen LogP contribution >= 0.6 is 0 Å². The molecular weight excluding hydrogens is 232 g/mol. The van der Waals surface area contributed by atoms with Crippen LogP contribution in [0.2, 0.25) is 0 Å². The number of piperazine rings is 1. The van der Waals surface area contributed by atoms with Gasteiger partial charge in [-0.05, 0) is 20.8 Å². The fourth-order valence-electron chi connectivity index (χ4n) is 2.37. The van der Waals surface area contributed by atoms with E-state index >= 15 is 0 Å². The molecule has 0 saturated carbocycles. The second-order valence-corrected chi connectivity index (χ2v) is 5.04. The van der Waals surface area contributed by atoms with Crippen LogP contribution in [0.4, 0.5) is 5.88 Å². The third kappa shape index (κ3) is 3.54. The highest BCUT2D eigenvalue weighted by atomic mass is 16.5. The molecule has 1 aromatic rings. The molecule has 1 saturated heterocycles. The molecule has 2 atom stereocenters. The summed E-state index contributed by atoms with van der Waals surface area (Å²) in [5, 5.41) is 9.87. The summed E-state index contributed by atoms with van der Waals surface area (Å²) in [6.45, 7) is 8.22. The van der Waals surface area contributed by atoms with Crippen LogP contribution in [-0.4, -0.2) is 47.7 Å². The Morgan fingerprint density at radius 3 is 2.78 bits per heavy atom. The van der Waals surface area contributed by atoms with Crippen LogP contribution in [-0.2, 0) is 4.79 Å². The third-order valence-corrected chi connectivity index (χ3v) is 2.89. The van der Waals surface area contributed by atoms with Crippen LogP contribution in [0.3, 0.4) is 0 Å². The summed E-state index contributed by atoms with van der Waals surface area (Å²) in [6.07, 6.45) is 0. The van der Waals surface area contributed by atoms with Gasteiger partial charge in [0.15, 0.2) is 0 Å². The second kappa shape index (κ2) is 5.49. The van der Waals surface area contributed by atoms with E-state index in [9.17, 15) is 4.79 Å². The van der Waals surface area contributed by atoms with E-state index in [-0.39, 0.29) is 5.91 Å². The highest BCUT2D eigenvalue weighted by Gasteiger charge is 2.22. The maximum atomic E-state index is 11.8. The smallest absolute Gasteiger partial charge is 0.240 e. The zero-order valence-corrected chi connectivity index (χ0v) is 11.1. The highest BCUT2D eigenvalue weighted by molar-refractivity contribution is 5.90. The molecule has 2 unspecified atom stereocenters. The number of hydrogen-bond acceptors (Lipinski definition) is 5. The standard InChI is InChI=1S/C12H20N4O2/c1-8-4-12(18-15-8)14-11(17)7-16-5-9(2)13-10(3)6-16/h4,9-10,13H,5-7H2,1-3H3,(H,14,17). The molecule has 0 aromatic carbocycles. The molecule has 0 aliphatic carbocycles. The Morgan fingerprint density at radius 1 is 1.56 bits per heavy atom. The van der Waals surface area contributed by atoms with E-state index in [1.807, 2.05) is 6.92 Å². The van der Waals surface area contributed by atoms with Gasteiger partial charge < -0.3 is 9.84 Å². The number of nitrogens with one attached hydrogen (secondary N) is 2. The van der Waals surface area contributed by atoms with Gasteiger partial charge >= 0.3 is 0 Å². The van der Waals surface area contributed by atoms with Gasteiger partial charge in [0.1, 0.15) is 0 Å². The minimum absolute atomic E-state index is 0.0625. The molecule has 1 aromatic heterocycles. The first-order valence-corrected chi connectivity index (χ1v) is 6.24. The van der Waals surface area contributed by atoms with E-state index < -0.39 is 0 Å². The van der Waals surface area contributed by atoms with Crippen molar-refractivity contribution in [3.8, 4) is 0 Å². The number of hydrogen-bond donors (Lipinski definition) is 2. The van der Waals surface area contributed by atoms with E-state index in [0.29, 0.717) is 24.5 Å². The van der Waals surface area contributed by atoms with E-state index in [4.69, 9.17) is 4.52 Å². The van der Waals surface area contributed by atoms with Crippen LogP contribution in [0.5, 0.6) is 0 Å². The average Bonchev–Trinajstić information content (AvgIpc) is 2.61. The number of amides is 1. The van der Waals surface area contributed by atoms with Crippen molar-refractivity contribution in [3.05, 3.63) is 11.8 Å². The quantitative estimate of drug-likeness (QED) is 0.824. The molecule has 1 amide bonds. The summed E-state index contributed by atoms with van der Waals surface area (Å²) in [6, 6.07) is 2.53. The van der Waals surface area contributed by atoms with Gasteiger partial charge in [-0.1, -0.05) is 5.16 Å². The largest absolute Gasteiger partial charge is 0.338 e. The van der Waals surface area contributed by atoms with Gasteiger partial charge in [-0.15, -0.1) is 0 Å². The summed E-state index contributed by atoms with van der Waals surface area (Å²) in [4.78, 5) is 14.0. The predicted octanol–water partition coefficient (Wildman–Crippen LogP) is 0.604. The summed E-state index contributed by atoms with van der Waals surface area (Å²) in [5.41, 5.74) is 0.759. The topological polar surface area (TPSA) is 70.4 Å². The van der Waals surface area contributed by atoms with Gasteiger partial charge in [0, 0.05) is 31.2 Å². The number of carbonyl (C=O) groups is 1. The van der Waals surface area contributed by atoms with Crippen LogP contribution in [0, 0.1) is 6.92 Å². The number of rotatable bonds is 3.